The summed E-state index contributed by atoms with van der Waals surface area (Å²) >= 11 is 0. The van der Waals surface area contributed by atoms with E-state index in [2.05, 4.69) is 17.6 Å². The lowest BCUT2D eigenvalue weighted by atomic mass is 9.95. The first kappa shape index (κ1) is 18.9. The molecule has 2 aromatic rings. The molecule has 0 bridgehead atoms. The molecule has 0 spiro atoms. The number of piperidine rings is 1. The number of carbonyl (C=O) groups is 2. The number of nitrogens with two attached hydrogens (primary N) is 1. The molecule has 1 aliphatic rings. The number of hydrogen-bond acceptors (Lipinski definition) is 4. The van der Waals surface area contributed by atoms with Crippen molar-refractivity contribution in [3.8, 4) is 5.75 Å². The van der Waals surface area contributed by atoms with Gasteiger partial charge in [0.1, 0.15) is 5.75 Å². The molecule has 1 saturated heterocycles. The standard InChI is InChI=1S/C21H25N3O3/c22-23-20(25)17-9-12-24(13-10-17)21(26)18-7-4-8-19(15-18)27-14-11-16-5-2-1-3-6-16/h1-8,15,17H,9-14,22H2,(H,23,25). The van der Waals surface area contributed by atoms with Crippen molar-refractivity contribution in [2.45, 2.75) is 19.3 Å². The number of nitrogens with zero attached hydrogens (tertiary/aromatic N) is 1. The Bertz CT molecular complexity index is 771. The van der Waals surface area contributed by atoms with Crippen molar-refractivity contribution in [3.05, 3.63) is 65.7 Å². The molecule has 0 radical (unpaired) electrons. The van der Waals surface area contributed by atoms with E-state index in [4.69, 9.17) is 10.6 Å². The number of rotatable bonds is 6. The number of hydrogen-bond donors (Lipinski definition) is 2. The summed E-state index contributed by atoms with van der Waals surface area (Å²) in [6, 6.07) is 17.4. The Balaban J connectivity index is 1.53. The van der Waals surface area contributed by atoms with E-state index in [0.29, 0.717) is 43.9 Å². The highest BCUT2D eigenvalue weighted by Gasteiger charge is 2.27. The van der Waals surface area contributed by atoms with E-state index in [-0.39, 0.29) is 17.7 Å². The highest BCUT2D eigenvalue weighted by atomic mass is 16.5. The SMILES string of the molecule is NNC(=O)C1CCN(C(=O)c2cccc(OCCc3ccccc3)c2)CC1. The zero-order chi connectivity index (χ0) is 19.1. The molecule has 0 aromatic heterocycles. The monoisotopic (exact) mass is 367 g/mol. The summed E-state index contributed by atoms with van der Waals surface area (Å²) < 4.78 is 5.81. The van der Waals surface area contributed by atoms with Gasteiger partial charge in [0, 0.05) is 31.0 Å². The second kappa shape index (κ2) is 9.19. The lowest BCUT2D eigenvalue weighted by Gasteiger charge is -2.31. The van der Waals surface area contributed by atoms with Crippen molar-refractivity contribution >= 4 is 11.8 Å². The van der Waals surface area contributed by atoms with Gasteiger partial charge in [-0.05, 0) is 36.6 Å². The maximum Gasteiger partial charge on any atom is 0.253 e. The van der Waals surface area contributed by atoms with Gasteiger partial charge >= 0.3 is 0 Å². The predicted molar refractivity (Wildman–Crippen MR) is 103 cm³/mol. The summed E-state index contributed by atoms with van der Waals surface area (Å²) in [5.74, 6) is 5.57. The van der Waals surface area contributed by atoms with Gasteiger partial charge in [-0.3, -0.25) is 15.0 Å². The molecule has 0 atom stereocenters. The largest absolute Gasteiger partial charge is 0.493 e. The van der Waals surface area contributed by atoms with Crippen molar-refractivity contribution in [2.24, 2.45) is 11.8 Å². The van der Waals surface area contributed by atoms with Gasteiger partial charge in [-0.25, -0.2) is 5.84 Å². The van der Waals surface area contributed by atoms with Crippen LogP contribution in [-0.2, 0) is 11.2 Å². The first-order valence-electron chi connectivity index (χ1n) is 9.24. The van der Waals surface area contributed by atoms with Crippen LogP contribution in [0.5, 0.6) is 5.75 Å². The number of ether oxygens (including phenoxy) is 1. The van der Waals surface area contributed by atoms with Crippen LogP contribution >= 0.6 is 0 Å². The molecule has 142 valence electrons. The molecule has 1 fully saturated rings. The van der Waals surface area contributed by atoms with Crippen LogP contribution in [0.1, 0.15) is 28.8 Å². The average molecular weight is 367 g/mol. The Morgan fingerprint density at radius 2 is 1.81 bits per heavy atom. The normalized spacial score (nSPS) is 14.6. The molecule has 3 N–H and O–H groups in total. The van der Waals surface area contributed by atoms with Crippen molar-refractivity contribution in [2.75, 3.05) is 19.7 Å². The summed E-state index contributed by atoms with van der Waals surface area (Å²) in [6.07, 6.45) is 2.07. The molecule has 6 heteroatoms. The number of benzene rings is 2. The third-order valence-electron chi connectivity index (χ3n) is 4.88. The average Bonchev–Trinajstić information content (AvgIpc) is 2.74. The summed E-state index contributed by atoms with van der Waals surface area (Å²) in [6.45, 7) is 1.66. The summed E-state index contributed by atoms with van der Waals surface area (Å²) in [5, 5.41) is 0. The molecule has 1 aliphatic heterocycles. The summed E-state index contributed by atoms with van der Waals surface area (Å²) in [4.78, 5) is 26.1. The fourth-order valence-electron chi connectivity index (χ4n) is 3.30. The lowest BCUT2D eigenvalue weighted by molar-refractivity contribution is -0.126. The van der Waals surface area contributed by atoms with Crippen LogP contribution in [0, 0.1) is 5.92 Å². The third kappa shape index (κ3) is 5.08. The van der Waals surface area contributed by atoms with Crippen LogP contribution < -0.4 is 16.0 Å². The Labute approximate surface area is 159 Å². The van der Waals surface area contributed by atoms with E-state index in [9.17, 15) is 9.59 Å². The second-order valence-electron chi connectivity index (χ2n) is 6.69. The van der Waals surface area contributed by atoms with Gasteiger partial charge in [0.15, 0.2) is 0 Å². The zero-order valence-corrected chi connectivity index (χ0v) is 15.3. The Morgan fingerprint density at radius 3 is 2.52 bits per heavy atom. The molecule has 2 aromatic carbocycles. The van der Waals surface area contributed by atoms with Gasteiger partial charge in [0.05, 0.1) is 6.61 Å². The van der Waals surface area contributed by atoms with Crippen LogP contribution in [0.25, 0.3) is 0 Å². The van der Waals surface area contributed by atoms with E-state index in [1.54, 1.807) is 17.0 Å². The molecule has 0 unspecified atom stereocenters. The number of amides is 2. The zero-order valence-electron chi connectivity index (χ0n) is 15.3. The smallest absolute Gasteiger partial charge is 0.253 e. The first-order chi connectivity index (χ1) is 13.2. The van der Waals surface area contributed by atoms with E-state index < -0.39 is 0 Å². The van der Waals surface area contributed by atoms with Crippen molar-refractivity contribution in [1.82, 2.24) is 10.3 Å². The molecular weight excluding hydrogens is 342 g/mol. The topological polar surface area (TPSA) is 84.7 Å². The van der Waals surface area contributed by atoms with E-state index in [1.807, 2.05) is 30.3 Å². The van der Waals surface area contributed by atoms with E-state index >= 15 is 0 Å². The van der Waals surface area contributed by atoms with Crippen molar-refractivity contribution in [3.63, 3.8) is 0 Å². The van der Waals surface area contributed by atoms with Gasteiger partial charge in [0.25, 0.3) is 5.91 Å². The molecule has 1 heterocycles. The molecule has 3 rings (SSSR count). The van der Waals surface area contributed by atoms with Gasteiger partial charge in [-0.2, -0.15) is 0 Å². The van der Waals surface area contributed by atoms with Crippen LogP contribution in [0.4, 0.5) is 0 Å². The second-order valence-corrected chi connectivity index (χ2v) is 6.69. The Hall–Kier alpha value is -2.86. The highest BCUT2D eigenvalue weighted by Crippen LogP contribution is 2.21. The Morgan fingerprint density at radius 1 is 1.07 bits per heavy atom. The number of carbonyl (C=O) groups excluding carboxylic acids is 2. The summed E-state index contributed by atoms with van der Waals surface area (Å²) in [5.41, 5.74) is 4.01. The van der Waals surface area contributed by atoms with Crippen LogP contribution in [0.15, 0.2) is 54.6 Å². The van der Waals surface area contributed by atoms with Crippen LogP contribution in [-0.4, -0.2) is 36.4 Å². The van der Waals surface area contributed by atoms with Gasteiger partial charge in [-0.1, -0.05) is 36.4 Å². The quantitative estimate of drug-likeness (QED) is 0.465. The molecule has 0 aliphatic carbocycles. The summed E-state index contributed by atoms with van der Waals surface area (Å²) in [7, 11) is 0. The van der Waals surface area contributed by atoms with Crippen molar-refractivity contribution < 1.29 is 14.3 Å². The minimum Gasteiger partial charge on any atom is -0.493 e. The first-order valence-corrected chi connectivity index (χ1v) is 9.24. The van der Waals surface area contributed by atoms with Crippen LogP contribution in [0.2, 0.25) is 0 Å². The molecule has 2 amide bonds. The van der Waals surface area contributed by atoms with Crippen LogP contribution in [0.3, 0.4) is 0 Å². The third-order valence-corrected chi connectivity index (χ3v) is 4.88. The maximum atomic E-state index is 12.7. The van der Waals surface area contributed by atoms with Gasteiger partial charge in [0.2, 0.25) is 5.91 Å². The molecule has 6 nitrogen and oxygen atoms in total. The minimum atomic E-state index is -0.157. The number of likely N-dealkylation sites (tertiary alicyclic amines) is 1. The molecule has 27 heavy (non-hydrogen) atoms. The lowest BCUT2D eigenvalue weighted by Crippen LogP contribution is -2.44. The molecular formula is C21H25N3O3. The molecule has 0 saturated carbocycles. The van der Waals surface area contributed by atoms with Gasteiger partial charge in [-0.15, -0.1) is 0 Å². The fraction of sp³-hybridized carbons (Fsp3) is 0.333. The Kier molecular flexibility index (Phi) is 6.44. The maximum absolute atomic E-state index is 12.7. The predicted octanol–water partition coefficient (Wildman–Crippen LogP) is 2.15. The minimum absolute atomic E-state index is 0.0323. The van der Waals surface area contributed by atoms with E-state index in [1.165, 1.54) is 5.56 Å². The highest BCUT2D eigenvalue weighted by molar-refractivity contribution is 5.94. The fourth-order valence-corrected chi connectivity index (χ4v) is 3.30. The van der Waals surface area contributed by atoms with E-state index in [0.717, 1.165) is 6.42 Å². The van der Waals surface area contributed by atoms with Gasteiger partial charge < -0.3 is 9.64 Å². The van der Waals surface area contributed by atoms with Crippen molar-refractivity contribution in [1.29, 1.82) is 0 Å². The number of hydrazine groups is 1. The number of nitrogens with one attached hydrogen (secondary N) is 1.